The molecular formula is C15H21N5O. The maximum Gasteiger partial charge on any atom is 0.261 e. The molecule has 1 aliphatic carbocycles. The van der Waals surface area contributed by atoms with Gasteiger partial charge >= 0.3 is 0 Å². The smallest absolute Gasteiger partial charge is 0.261 e. The quantitative estimate of drug-likeness (QED) is 0.906. The van der Waals surface area contributed by atoms with E-state index in [1.807, 2.05) is 13.8 Å². The summed E-state index contributed by atoms with van der Waals surface area (Å²) in [5, 5.41) is 3.81. The molecule has 2 aromatic heterocycles. The zero-order valence-electron chi connectivity index (χ0n) is 12.5. The first-order chi connectivity index (χ1) is 10.1. The van der Waals surface area contributed by atoms with Gasteiger partial charge in [0.1, 0.15) is 11.2 Å². The van der Waals surface area contributed by atoms with E-state index >= 15 is 0 Å². The third kappa shape index (κ3) is 3.04. The minimum atomic E-state index is -0.173. The van der Waals surface area contributed by atoms with E-state index in [0.717, 1.165) is 12.8 Å². The lowest BCUT2D eigenvalue weighted by Crippen LogP contribution is -2.24. The summed E-state index contributed by atoms with van der Waals surface area (Å²) in [4.78, 5) is 27.9. The van der Waals surface area contributed by atoms with Crippen molar-refractivity contribution in [2.75, 3.05) is 5.32 Å². The lowest BCUT2D eigenvalue weighted by molar-refractivity contribution is 0.461. The van der Waals surface area contributed by atoms with Gasteiger partial charge in [-0.05, 0) is 12.8 Å². The van der Waals surface area contributed by atoms with Gasteiger partial charge < -0.3 is 10.3 Å². The molecule has 0 aliphatic heterocycles. The molecule has 1 saturated carbocycles. The van der Waals surface area contributed by atoms with Crippen LogP contribution in [0.4, 0.5) is 5.95 Å². The minimum absolute atomic E-state index is 0.159. The van der Waals surface area contributed by atoms with Crippen LogP contribution in [0.15, 0.2) is 11.0 Å². The third-order valence-corrected chi connectivity index (χ3v) is 3.97. The van der Waals surface area contributed by atoms with E-state index in [1.54, 1.807) is 6.20 Å². The van der Waals surface area contributed by atoms with Crippen molar-refractivity contribution in [2.45, 2.75) is 57.9 Å². The van der Waals surface area contributed by atoms with Gasteiger partial charge in [0.25, 0.3) is 5.56 Å². The molecule has 6 heteroatoms. The molecule has 0 unspecified atom stereocenters. The second-order valence-electron chi connectivity index (χ2n) is 6.02. The van der Waals surface area contributed by atoms with Gasteiger partial charge in [-0.2, -0.15) is 4.98 Å². The number of rotatable bonds is 3. The van der Waals surface area contributed by atoms with Crippen molar-refractivity contribution in [3.05, 3.63) is 22.4 Å². The summed E-state index contributed by atoms with van der Waals surface area (Å²) in [7, 11) is 0. The SMILES string of the molecule is CC(C)c1nc2nc(NC3CCCCC3)ncc2c(=O)[nH]1. The lowest BCUT2D eigenvalue weighted by Gasteiger charge is -2.22. The molecule has 21 heavy (non-hydrogen) atoms. The minimum Gasteiger partial charge on any atom is -0.351 e. The molecule has 0 radical (unpaired) electrons. The Bertz CT molecular complexity index is 688. The molecule has 2 heterocycles. The molecule has 6 nitrogen and oxygen atoms in total. The lowest BCUT2D eigenvalue weighted by atomic mass is 9.96. The Labute approximate surface area is 123 Å². The maximum atomic E-state index is 12.0. The highest BCUT2D eigenvalue weighted by atomic mass is 16.1. The Morgan fingerprint density at radius 3 is 2.71 bits per heavy atom. The highest BCUT2D eigenvalue weighted by Crippen LogP contribution is 2.20. The molecule has 0 bridgehead atoms. The summed E-state index contributed by atoms with van der Waals surface area (Å²) in [6.45, 7) is 3.99. The van der Waals surface area contributed by atoms with Gasteiger partial charge in [0.05, 0.1) is 0 Å². The highest BCUT2D eigenvalue weighted by Gasteiger charge is 2.15. The van der Waals surface area contributed by atoms with Gasteiger partial charge in [0, 0.05) is 18.2 Å². The number of aromatic amines is 1. The van der Waals surface area contributed by atoms with Crippen LogP contribution in [-0.2, 0) is 0 Å². The topological polar surface area (TPSA) is 83.6 Å². The van der Waals surface area contributed by atoms with Crippen molar-refractivity contribution in [1.82, 2.24) is 19.9 Å². The molecule has 3 rings (SSSR count). The van der Waals surface area contributed by atoms with Crippen LogP contribution >= 0.6 is 0 Å². The number of fused-ring (bicyclic) bond motifs is 1. The van der Waals surface area contributed by atoms with E-state index < -0.39 is 0 Å². The van der Waals surface area contributed by atoms with E-state index in [0.29, 0.717) is 28.8 Å². The normalized spacial score (nSPS) is 16.5. The van der Waals surface area contributed by atoms with Crippen LogP contribution in [0.3, 0.4) is 0 Å². The van der Waals surface area contributed by atoms with Crippen LogP contribution in [0.25, 0.3) is 11.0 Å². The number of hydrogen-bond donors (Lipinski definition) is 2. The Hall–Kier alpha value is -1.98. The van der Waals surface area contributed by atoms with Crippen molar-refractivity contribution in [3.8, 4) is 0 Å². The number of H-pyrrole nitrogens is 1. The monoisotopic (exact) mass is 287 g/mol. The molecule has 2 N–H and O–H groups in total. The third-order valence-electron chi connectivity index (χ3n) is 3.97. The Morgan fingerprint density at radius 1 is 1.24 bits per heavy atom. The summed E-state index contributed by atoms with van der Waals surface area (Å²) in [5.41, 5.74) is 0.295. The summed E-state index contributed by atoms with van der Waals surface area (Å²) >= 11 is 0. The largest absolute Gasteiger partial charge is 0.351 e. The molecule has 0 spiro atoms. The molecular weight excluding hydrogens is 266 g/mol. The molecule has 0 saturated heterocycles. The standard InChI is InChI=1S/C15H21N5O/c1-9(2)12-18-13-11(14(21)19-12)8-16-15(20-13)17-10-6-4-3-5-7-10/h8-10H,3-7H2,1-2H3,(H2,16,17,18,19,20,21). The van der Waals surface area contributed by atoms with Gasteiger partial charge in [0.15, 0.2) is 5.65 Å². The van der Waals surface area contributed by atoms with Gasteiger partial charge in [-0.15, -0.1) is 0 Å². The van der Waals surface area contributed by atoms with E-state index in [9.17, 15) is 4.79 Å². The Morgan fingerprint density at radius 2 is 2.00 bits per heavy atom. The molecule has 0 aromatic carbocycles. The summed E-state index contributed by atoms with van der Waals surface area (Å²) in [6.07, 6.45) is 7.68. The van der Waals surface area contributed by atoms with Crippen LogP contribution in [0.2, 0.25) is 0 Å². The van der Waals surface area contributed by atoms with Crippen molar-refractivity contribution in [1.29, 1.82) is 0 Å². The van der Waals surface area contributed by atoms with Crippen LogP contribution < -0.4 is 10.9 Å². The number of nitrogens with one attached hydrogen (secondary N) is 2. The van der Waals surface area contributed by atoms with Crippen LogP contribution in [0, 0.1) is 0 Å². The zero-order valence-corrected chi connectivity index (χ0v) is 12.5. The molecule has 1 fully saturated rings. The number of hydrogen-bond acceptors (Lipinski definition) is 5. The summed E-state index contributed by atoms with van der Waals surface area (Å²) in [5.74, 6) is 1.39. The average Bonchev–Trinajstić information content (AvgIpc) is 2.48. The van der Waals surface area contributed by atoms with Gasteiger partial charge in [-0.3, -0.25) is 4.79 Å². The van der Waals surface area contributed by atoms with Crippen molar-refractivity contribution in [2.24, 2.45) is 0 Å². The number of aromatic nitrogens is 4. The Kier molecular flexibility index (Phi) is 3.86. The fraction of sp³-hybridized carbons (Fsp3) is 0.600. The first kappa shape index (κ1) is 14.0. The van der Waals surface area contributed by atoms with Crippen LogP contribution in [0.1, 0.15) is 57.7 Å². The van der Waals surface area contributed by atoms with Crippen LogP contribution in [0.5, 0.6) is 0 Å². The van der Waals surface area contributed by atoms with Crippen molar-refractivity contribution >= 4 is 17.0 Å². The first-order valence-electron chi connectivity index (χ1n) is 7.67. The fourth-order valence-corrected chi connectivity index (χ4v) is 2.72. The summed E-state index contributed by atoms with van der Waals surface area (Å²) in [6, 6.07) is 0.433. The highest BCUT2D eigenvalue weighted by molar-refractivity contribution is 5.73. The van der Waals surface area contributed by atoms with E-state index in [-0.39, 0.29) is 11.5 Å². The summed E-state index contributed by atoms with van der Waals surface area (Å²) < 4.78 is 0. The average molecular weight is 287 g/mol. The van der Waals surface area contributed by atoms with Crippen molar-refractivity contribution in [3.63, 3.8) is 0 Å². The number of anilines is 1. The molecule has 112 valence electrons. The van der Waals surface area contributed by atoms with Crippen LogP contribution in [-0.4, -0.2) is 26.0 Å². The second kappa shape index (κ2) is 5.79. The molecule has 0 amide bonds. The zero-order chi connectivity index (χ0) is 14.8. The predicted molar refractivity (Wildman–Crippen MR) is 82.5 cm³/mol. The maximum absolute atomic E-state index is 12.0. The van der Waals surface area contributed by atoms with Gasteiger partial charge in [0.2, 0.25) is 5.95 Å². The molecule has 0 atom stereocenters. The van der Waals surface area contributed by atoms with E-state index in [2.05, 4.69) is 25.3 Å². The van der Waals surface area contributed by atoms with E-state index in [4.69, 9.17) is 0 Å². The first-order valence-corrected chi connectivity index (χ1v) is 7.67. The van der Waals surface area contributed by atoms with E-state index in [1.165, 1.54) is 19.3 Å². The van der Waals surface area contributed by atoms with Gasteiger partial charge in [-0.25, -0.2) is 9.97 Å². The van der Waals surface area contributed by atoms with Gasteiger partial charge in [-0.1, -0.05) is 33.1 Å². The molecule has 2 aromatic rings. The Balaban J connectivity index is 1.92. The van der Waals surface area contributed by atoms with Crippen molar-refractivity contribution < 1.29 is 0 Å². The second-order valence-corrected chi connectivity index (χ2v) is 6.02. The predicted octanol–water partition coefficient (Wildman–Crippen LogP) is 2.58. The fourth-order valence-electron chi connectivity index (χ4n) is 2.72. The molecule has 1 aliphatic rings. The number of nitrogens with zero attached hydrogens (tertiary/aromatic N) is 3.